The summed E-state index contributed by atoms with van der Waals surface area (Å²) in [6.07, 6.45) is 1.73. The first-order valence-electron chi connectivity index (χ1n) is 12.6. The van der Waals surface area contributed by atoms with Crippen molar-refractivity contribution in [2.45, 2.75) is 51.1 Å². The van der Waals surface area contributed by atoms with Crippen molar-refractivity contribution < 1.29 is 18.0 Å². The van der Waals surface area contributed by atoms with Crippen LogP contribution in [0, 0.1) is 6.92 Å². The summed E-state index contributed by atoms with van der Waals surface area (Å²) in [4.78, 5) is 28.4. The molecule has 3 rings (SSSR count). The maximum Gasteiger partial charge on any atom is 0.264 e. The third-order valence-corrected chi connectivity index (χ3v) is 8.43. The maximum atomic E-state index is 13.9. The van der Waals surface area contributed by atoms with Gasteiger partial charge in [-0.3, -0.25) is 13.9 Å². The van der Waals surface area contributed by atoms with E-state index in [0.717, 1.165) is 17.1 Å². The summed E-state index contributed by atoms with van der Waals surface area (Å²) in [5.41, 5.74) is 1.74. The molecule has 0 aliphatic carbocycles. The van der Waals surface area contributed by atoms with E-state index in [9.17, 15) is 18.0 Å². The standard InChI is InChI=1S/C29H34ClN3O4S/c1-4-5-19-31-29(35)23(3)32(20-24-14-10-11-17-26(24)30)28(34)21-33(27-18-12-9-13-22(27)2)38(36,37)25-15-7-6-8-16-25/h6-18,23H,4-5,19-21H2,1-3H3,(H,31,35). The number of unbranched alkanes of at least 4 members (excludes halogenated alkanes) is 1. The molecule has 9 heteroatoms. The fourth-order valence-electron chi connectivity index (χ4n) is 4.01. The quantitative estimate of drug-likeness (QED) is 0.312. The van der Waals surface area contributed by atoms with Crippen LogP contribution < -0.4 is 9.62 Å². The Morgan fingerprint density at radius 1 is 0.947 bits per heavy atom. The van der Waals surface area contributed by atoms with E-state index in [-0.39, 0.29) is 17.3 Å². The summed E-state index contributed by atoms with van der Waals surface area (Å²) in [5, 5.41) is 3.33. The number of anilines is 1. The largest absolute Gasteiger partial charge is 0.354 e. The fourth-order valence-corrected chi connectivity index (χ4v) is 5.70. The van der Waals surface area contributed by atoms with Crippen molar-refractivity contribution in [3.63, 3.8) is 0 Å². The van der Waals surface area contributed by atoms with E-state index in [4.69, 9.17) is 11.6 Å². The van der Waals surface area contributed by atoms with Crippen molar-refractivity contribution >= 4 is 39.1 Å². The molecule has 0 bridgehead atoms. The van der Waals surface area contributed by atoms with Crippen molar-refractivity contribution in [2.24, 2.45) is 0 Å². The van der Waals surface area contributed by atoms with Crippen molar-refractivity contribution in [3.05, 3.63) is 95.0 Å². The van der Waals surface area contributed by atoms with Crippen LogP contribution in [0.5, 0.6) is 0 Å². The van der Waals surface area contributed by atoms with E-state index in [0.29, 0.717) is 28.4 Å². The number of hydrogen-bond donors (Lipinski definition) is 1. The SMILES string of the molecule is CCCCNC(=O)C(C)N(Cc1ccccc1Cl)C(=O)CN(c1ccccc1C)S(=O)(=O)c1ccccc1. The highest BCUT2D eigenvalue weighted by Crippen LogP contribution is 2.27. The lowest BCUT2D eigenvalue weighted by atomic mass is 10.1. The van der Waals surface area contributed by atoms with E-state index in [2.05, 4.69) is 5.32 Å². The van der Waals surface area contributed by atoms with Crippen LogP contribution in [-0.2, 0) is 26.2 Å². The van der Waals surface area contributed by atoms with Gasteiger partial charge in [0.05, 0.1) is 10.6 Å². The number of para-hydroxylation sites is 1. The summed E-state index contributed by atoms with van der Waals surface area (Å²) in [6, 6.07) is 21.2. The molecule has 1 N–H and O–H groups in total. The third kappa shape index (κ3) is 7.14. The van der Waals surface area contributed by atoms with Crippen LogP contribution in [-0.4, -0.2) is 44.3 Å². The van der Waals surface area contributed by atoms with Gasteiger partial charge in [-0.15, -0.1) is 0 Å². The predicted octanol–water partition coefficient (Wildman–Crippen LogP) is 5.18. The zero-order valence-electron chi connectivity index (χ0n) is 21.9. The molecule has 202 valence electrons. The van der Waals surface area contributed by atoms with Crippen molar-refractivity contribution in [2.75, 3.05) is 17.4 Å². The molecule has 0 heterocycles. The number of carbonyl (C=O) groups is 2. The second kappa shape index (κ2) is 13.4. The Morgan fingerprint density at radius 2 is 1.58 bits per heavy atom. The summed E-state index contributed by atoms with van der Waals surface area (Å²) in [7, 11) is -4.09. The van der Waals surface area contributed by atoms with Gasteiger partial charge >= 0.3 is 0 Å². The van der Waals surface area contributed by atoms with Crippen LogP contribution in [0.15, 0.2) is 83.8 Å². The molecule has 3 aromatic carbocycles. The zero-order chi connectivity index (χ0) is 27.7. The minimum Gasteiger partial charge on any atom is -0.354 e. The van der Waals surface area contributed by atoms with Crippen LogP contribution in [0.25, 0.3) is 0 Å². The maximum absolute atomic E-state index is 13.9. The van der Waals surface area contributed by atoms with Gasteiger partial charge in [-0.05, 0) is 55.7 Å². The lowest BCUT2D eigenvalue weighted by Crippen LogP contribution is -2.51. The van der Waals surface area contributed by atoms with E-state index >= 15 is 0 Å². The van der Waals surface area contributed by atoms with E-state index < -0.39 is 28.5 Å². The van der Waals surface area contributed by atoms with Crippen LogP contribution in [0.2, 0.25) is 5.02 Å². The number of rotatable bonds is 12. The molecule has 0 aliphatic rings. The molecule has 1 unspecified atom stereocenters. The molecule has 38 heavy (non-hydrogen) atoms. The number of hydrogen-bond acceptors (Lipinski definition) is 4. The fraction of sp³-hybridized carbons (Fsp3) is 0.310. The van der Waals surface area contributed by atoms with Gasteiger partial charge in [-0.1, -0.05) is 79.5 Å². The van der Waals surface area contributed by atoms with Gasteiger partial charge in [0.1, 0.15) is 12.6 Å². The number of amides is 2. The highest BCUT2D eigenvalue weighted by Gasteiger charge is 2.33. The Kier molecular flexibility index (Phi) is 10.3. The molecule has 0 aliphatic heterocycles. The molecular weight excluding hydrogens is 522 g/mol. The highest BCUT2D eigenvalue weighted by atomic mass is 35.5. The average molecular weight is 556 g/mol. The van der Waals surface area contributed by atoms with Crippen LogP contribution >= 0.6 is 11.6 Å². The van der Waals surface area contributed by atoms with Gasteiger partial charge in [0.15, 0.2) is 0 Å². The number of aryl methyl sites for hydroxylation is 1. The molecule has 7 nitrogen and oxygen atoms in total. The van der Waals surface area contributed by atoms with Gasteiger partial charge in [0, 0.05) is 18.1 Å². The molecule has 0 saturated heterocycles. The smallest absolute Gasteiger partial charge is 0.264 e. The van der Waals surface area contributed by atoms with Gasteiger partial charge < -0.3 is 10.2 Å². The minimum atomic E-state index is -4.09. The molecular formula is C29H34ClN3O4S. The number of carbonyl (C=O) groups excluding carboxylic acids is 2. The molecule has 0 saturated carbocycles. The normalized spacial score (nSPS) is 12.0. The summed E-state index contributed by atoms with van der Waals surface area (Å²) in [5.74, 6) is -0.835. The molecule has 0 spiro atoms. The second-order valence-electron chi connectivity index (χ2n) is 9.04. The molecule has 1 atom stereocenters. The van der Waals surface area contributed by atoms with E-state index in [1.54, 1.807) is 80.6 Å². The lowest BCUT2D eigenvalue weighted by Gasteiger charge is -2.32. The van der Waals surface area contributed by atoms with Gasteiger partial charge in [-0.25, -0.2) is 8.42 Å². The third-order valence-electron chi connectivity index (χ3n) is 6.29. The van der Waals surface area contributed by atoms with Crippen molar-refractivity contribution in [3.8, 4) is 0 Å². The van der Waals surface area contributed by atoms with Crippen LogP contribution in [0.4, 0.5) is 5.69 Å². The van der Waals surface area contributed by atoms with E-state index in [1.165, 1.54) is 17.0 Å². The monoisotopic (exact) mass is 555 g/mol. The first-order valence-corrected chi connectivity index (χ1v) is 14.4. The van der Waals surface area contributed by atoms with Gasteiger partial charge in [0.25, 0.3) is 10.0 Å². The van der Waals surface area contributed by atoms with Crippen molar-refractivity contribution in [1.29, 1.82) is 0 Å². The Bertz CT molecular complexity index is 1350. The average Bonchev–Trinajstić information content (AvgIpc) is 2.91. The number of benzene rings is 3. The number of nitrogens with zero attached hydrogens (tertiary/aromatic N) is 2. The Balaban J connectivity index is 2.01. The van der Waals surface area contributed by atoms with E-state index in [1.807, 2.05) is 6.92 Å². The highest BCUT2D eigenvalue weighted by molar-refractivity contribution is 7.92. The van der Waals surface area contributed by atoms with Crippen LogP contribution in [0.3, 0.4) is 0 Å². The Morgan fingerprint density at radius 3 is 2.24 bits per heavy atom. The summed E-state index contributed by atoms with van der Waals surface area (Å²) in [6.45, 7) is 5.51. The Labute approximate surface area is 230 Å². The molecule has 2 amide bonds. The lowest BCUT2D eigenvalue weighted by molar-refractivity contribution is -0.139. The number of halogens is 1. The Hall–Kier alpha value is -3.36. The molecule has 0 fully saturated rings. The molecule has 0 radical (unpaired) electrons. The number of nitrogens with one attached hydrogen (secondary N) is 1. The van der Waals surface area contributed by atoms with Crippen LogP contribution in [0.1, 0.15) is 37.8 Å². The predicted molar refractivity (Wildman–Crippen MR) is 152 cm³/mol. The topological polar surface area (TPSA) is 86.8 Å². The number of sulfonamides is 1. The van der Waals surface area contributed by atoms with Gasteiger partial charge in [-0.2, -0.15) is 0 Å². The molecule has 0 aromatic heterocycles. The molecule has 3 aromatic rings. The summed E-state index contributed by atoms with van der Waals surface area (Å²) >= 11 is 6.39. The minimum absolute atomic E-state index is 0.0495. The first-order chi connectivity index (χ1) is 18.2. The van der Waals surface area contributed by atoms with Crippen molar-refractivity contribution in [1.82, 2.24) is 10.2 Å². The first kappa shape index (κ1) is 29.2. The zero-order valence-corrected chi connectivity index (χ0v) is 23.5. The van der Waals surface area contributed by atoms with Gasteiger partial charge in [0.2, 0.25) is 11.8 Å². The second-order valence-corrected chi connectivity index (χ2v) is 11.3. The summed E-state index contributed by atoms with van der Waals surface area (Å²) < 4.78 is 28.7.